The summed E-state index contributed by atoms with van der Waals surface area (Å²) >= 11 is 0. The fourth-order valence-corrected chi connectivity index (χ4v) is 2.36. The van der Waals surface area contributed by atoms with Crippen LogP contribution in [0.1, 0.15) is 46.1 Å². The lowest BCUT2D eigenvalue weighted by atomic mass is 9.84. The van der Waals surface area contributed by atoms with Crippen molar-refractivity contribution in [1.29, 1.82) is 0 Å². The Labute approximate surface area is 116 Å². The van der Waals surface area contributed by atoms with E-state index in [1.165, 1.54) is 0 Å². The lowest BCUT2D eigenvalue weighted by Gasteiger charge is -2.22. The minimum atomic E-state index is 0.0556. The van der Waals surface area contributed by atoms with Gasteiger partial charge < -0.3 is 11.1 Å². The number of nitrogens with two attached hydrogens (primary N) is 1. The molecule has 1 amide bonds. The maximum atomic E-state index is 12.0. The fraction of sp³-hybridized carbons (Fsp3) is 0.562. The highest BCUT2D eigenvalue weighted by molar-refractivity contribution is 5.91. The standard InChI is InChI=1S/C16H26N2O/c1-11(10-16(3,4)5)8-15(19)18-13-7-6-12(2)14(17)9-13/h6-7,9,11H,8,10,17H2,1-5H3,(H,18,19). The van der Waals surface area contributed by atoms with E-state index in [0.29, 0.717) is 18.0 Å². The third-order valence-electron chi connectivity index (χ3n) is 3.06. The zero-order chi connectivity index (χ0) is 14.6. The van der Waals surface area contributed by atoms with Crippen molar-refractivity contribution < 1.29 is 4.79 Å². The van der Waals surface area contributed by atoms with Gasteiger partial charge >= 0.3 is 0 Å². The largest absolute Gasteiger partial charge is 0.398 e. The van der Waals surface area contributed by atoms with E-state index in [1.807, 2.05) is 25.1 Å². The van der Waals surface area contributed by atoms with Gasteiger partial charge in [-0.2, -0.15) is 0 Å². The third kappa shape index (κ3) is 5.77. The van der Waals surface area contributed by atoms with Crippen molar-refractivity contribution >= 4 is 17.3 Å². The van der Waals surface area contributed by atoms with Gasteiger partial charge in [-0.05, 0) is 42.4 Å². The van der Waals surface area contributed by atoms with Gasteiger partial charge in [0.1, 0.15) is 0 Å². The minimum Gasteiger partial charge on any atom is -0.398 e. The van der Waals surface area contributed by atoms with Crippen LogP contribution in [-0.2, 0) is 4.79 Å². The number of nitrogen functional groups attached to an aromatic ring is 1. The number of benzene rings is 1. The highest BCUT2D eigenvalue weighted by Crippen LogP contribution is 2.26. The van der Waals surface area contributed by atoms with Crippen molar-refractivity contribution in [3.8, 4) is 0 Å². The monoisotopic (exact) mass is 262 g/mol. The zero-order valence-electron chi connectivity index (χ0n) is 12.7. The van der Waals surface area contributed by atoms with E-state index < -0.39 is 0 Å². The molecule has 3 heteroatoms. The highest BCUT2D eigenvalue weighted by atomic mass is 16.1. The highest BCUT2D eigenvalue weighted by Gasteiger charge is 2.17. The molecule has 1 aromatic rings. The van der Waals surface area contributed by atoms with Crippen LogP contribution in [0, 0.1) is 18.3 Å². The first kappa shape index (κ1) is 15.5. The van der Waals surface area contributed by atoms with Crippen LogP contribution in [0.3, 0.4) is 0 Å². The summed E-state index contributed by atoms with van der Waals surface area (Å²) in [6.45, 7) is 10.7. The molecule has 0 spiro atoms. The lowest BCUT2D eigenvalue weighted by molar-refractivity contribution is -0.117. The van der Waals surface area contributed by atoms with Gasteiger partial charge in [0.2, 0.25) is 5.91 Å². The molecule has 1 aromatic carbocycles. The maximum absolute atomic E-state index is 12.0. The Hall–Kier alpha value is -1.51. The molecule has 0 saturated carbocycles. The average Bonchev–Trinajstić information content (AvgIpc) is 2.20. The molecule has 3 N–H and O–H groups in total. The molecule has 0 aliphatic carbocycles. The SMILES string of the molecule is Cc1ccc(NC(=O)CC(C)CC(C)(C)C)cc1N. The number of hydrogen-bond donors (Lipinski definition) is 2. The topological polar surface area (TPSA) is 55.1 Å². The number of carbonyl (C=O) groups excluding carboxylic acids is 1. The van der Waals surface area contributed by atoms with Crippen LogP contribution < -0.4 is 11.1 Å². The summed E-state index contributed by atoms with van der Waals surface area (Å²) in [6.07, 6.45) is 1.58. The zero-order valence-corrected chi connectivity index (χ0v) is 12.7. The quantitative estimate of drug-likeness (QED) is 0.806. The Kier molecular flexibility index (Phi) is 4.98. The van der Waals surface area contributed by atoms with Gasteiger partial charge in [0.25, 0.3) is 0 Å². The molecular formula is C16H26N2O. The second-order valence-electron chi connectivity index (χ2n) is 6.69. The number of carbonyl (C=O) groups is 1. The van der Waals surface area contributed by atoms with Crippen LogP contribution in [0.25, 0.3) is 0 Å². The molecule has 0 saturated heterocycles. The van der Waals surface area contributed by atoms with Crippen molar-refractivity contribution in [3.05, 3.63) is 23.8 Å². The molecule has 0 heterocycles. The smallest absolute Gasteiger partial charge is 0.224 e. The third-order valence-corrected chi connectivity index (χ3v) is 3.06. The summed E-state index contributed by atoms with van der Waals surface area (Å²) in [4.78, 5) is 12.0. The Morgan fingerprint density at radius 1 is 1.37 bits per heavy atom. The van der Waals surface area contributed by atoms with Crippen molar-refractivity contribution in [1.82, 2.24) is 0 Å². The number of amides is 1. The van der Waals surface area contributed by atoms with Gasteiger partial charge in [0.15, 0.2) is 0 Å². The molecule has 3 nitrogen and oxygen atoms in total. The van der Waals surface area contributed by atoms with E-state index in [0.717, 1.165) is 17.7 Å². The van der Waals surface area contributed by atoms with Gasteiger partial charge in [-0.25, -0.2) is 0 Å². The molecule has 0 bridgehead atoms. The number of nitrogens with one attached hydrogen (secondary N) is 1. The van der Waals surface area contributed by atoms with Crippen molar-refractivity contribution in [2.75, 3.05) is 11.1 Å². The van der Waals surface area contributed by atoms with Crippen LogP contribution in [0.2, 0.25) is 0 Å². The second kappa shape index (κ2) is 6.09. The number of anilines is 2. The Morgan fingerprint density at radius 3 is 2.53 bits per heavy atom. The van der Waals surface area contributed by atoms with Crippen LogP contribution in [0.5, 0.6) is 0 Å². The van der Waals surface area contributed by atoms with Crippen molar-refractivity contribution in [2.45, 2.75) is 47.5 Å². The summed E-state index contributed by atoms with van der Waals surface area (Å²) in [5.74, 6) is 0.433. The van der Waals surface area contributed by atoms with Crippen LogP contribution in [0.15, 0.2) is 18.2 Å². The number of hydrogen-bond acceptors (Lipinski definition) is 2. The van der Waals surface area contributed by atoms with Gasteiger partial charge in [-0.3, -0.25) is 4.79 Å². The van der Waals surface area contributed by atoms with Crippen molar-refractivity contribution in [3.63, 3.8) is 0 Å². The van der Waals surface area contributed by atoms with E-state index >= 15 is 0 Å². The van der Waals surface area contributed by atoms with E-state index in [2.05, 4.69) is 33.0 Å². The molecule has 1 rings (SSSR count). The number of rotatable bonds is 4. The fourth-order valence-electron chi connectivity index (χ4n) is 2.36. The Morgan fingerprint density at radius 2 is 2.00 bits per heavy atom. The lowest BCUT2D eigenvalue weighted by Crippen LogP contribution is -2.19. The van der Waals surface area contributed by atoms with Gasteiger partial charge in [-0.1, -0.05) is 33.8 Å². The molecule has 1 atom stereocenters. The molecule has 0 aliphatic rings. The first-order chi connectivity index (χ1) is 8.67. The van der Waals surface area contributed by atoms with Gasteiger partial charge in [0, 0.05) is 17.8 Å². The summed E-state index contributed by atoms with van der Waals surface area (Å²) in [6, 6.07) is 5.61. The molecular weight excluding hydrogens is 236 g/mol. The summed E-state index contributed by atoms with van der Waals surface area (Å²) in [5.41, 5.74) is 8.60. The molecule has 0 fully saturated rings. The van der Waals surface area contributed by atoms with E-state index in [-0.39, 0.29) is 11.3 Å². The summed E-state index contributed by atoms with van der Waals surface area (Å²) in [7, 11) is 0. The van der Waals surface area contributed by atoms with Gasteiger partial charge in [0.05, 0.1) is 0 Å². The molecule has 0 aromatic heterocycles. The van der Waals surface area contributed by atoms with Crippen LogP contribution >= 0.6 is 0 Å². The van der Waals surface area contributed by atoms with E-state index in [4.69, 9.17) is 5.73 Å². The second-order valence-corrected chi connectivity index (χ2v) is 6.69. The average molecular weight is 262 g/mol. The molecule has 0 radical (unpaired) electrons. The first-order valence-electron chi connectivity index (χ1n) is 6.83. The predicted molar refractivity (Wildman–Crippen MR) is 82.1 cm³/mol. The Bertz CT molecular complexity index is 447. The molecule has 1 unspecified atom stereocenters. The first-order valence-corrected chi connectivity index (χ1v) is 6.83. The van der Waals surface area contributed by atoms with E-state index in [1.54, 1.807) is 0 Å². The maximum Gasteiger partial charge on any atom is 0.224 e. The summed E-state index contributed by atoms with van der Waals surface area (Å²) in [5, 5.41) is 2.91. The molecule has 0 aliphatic heterocycles. The van der Waals surface area contributed by atoms with Crippen molar-refractivity contribution in [2.24, 2.45) is 11.3 Å². The van der Waals surface area contributed by atoms with Gasteiger partial charge in [-0.15, -0.1) is 0 Å². The minimum absolute atomic E-state index is 0.0556. The number of aryl methyl sites for hydroxylation is 1. The Balaban J connectivity index is 2.53. The van der Waals surface area contributed by atoms with Crippen LogP contribution in [0.4, 0.5) is 11.4 Å². The normalized spacial score (nSPS) is 13.1. The summed E-state index contributed by atoms with van der Waals surface area (Å²) < 4.78 is 0. The van der Waals surface area contributed by atoms with Crippen LogP contribution in [-0.4, -0.2) is 5.91 Å². The molecule has 19 heavy (non-hydrogen) atoms. The van der Waals surface area contributed by atoms with E-state index in [9.17, 15) is 4.79 Å². The molecule has 106 valence electrons. The predicted octanol–water partition coefficient (Wildman–Crippen LogP) is 3.98.